The lowest BCUT2D eigenvalue weighted by atomic mass is 10.0. The van der Waals surface area contributed by atoms with Crippen LogP contribution in [0, 0.1) is 6.92 Å². The molecule has 2 N–H and O–H groups in total. The van der Waals surface area contributed by atoms with E-state index in [-0.39, 0.29) is 17.6 Å². The highest BCUT2D eigenvalue weighted by molar-refractivity contribution is 6.05. The van der Waals surface area contributed by atoms with Crippen LogP contribution in [-0.4, -0.2) is 18.9 Å². The third-order valence-electron chi connectivity index (χ3n) is 4.94. The summed E-state index contributed by atoms with van der Waals surface area (Å²) in [5, 5.41) is 5.74. The van der Waals surface area contributed by atoms with Crippen molar-refractivity contribution in [3.63, 3.8) is 0 Å². The number of carbonyl (C=O) groups is 2. The van der Waals surface area contributed by atoms with Gasteiger partial charge in [-0.05, 0) is 54.8 Å². The van der Waals surface area contributed by atoms with E-state index in [4.69, 9.17) is 9.15 Å². The summed E-state index contributed by atoms with van der Waals surface area (Å²) >= 11 is 0. The van der Waals surface area contributed by atoms with Crippen molar-refractivity contribution >= 4 is 17.9 Å². The van der Waals surface area contributed by atoms with Gasteiger partial charge in [0.05, 0.1) is 19.4 Å². The van der Waals surface area contributed by atoms with Crippen LogP contribution in [0.2, 0.25) is 0 Å². The molecule has 1 atom stereocenters. The Labute approximate surface area is 181 Å². The lowest BCUT2D eigenvalue weighted by Crippen LogP contribution is -2.37. The number of nitrogens with one attached hydrogen (secondary N) is 2. The highest BCUT2D eigenvalue weighted by Crippen LogP contribution is 2.21. The number of methoxy groups -OCH3 is 1. The average Bonchev–Trinajstić information content (AvgIpc) is 3.30. The maximum absolute atomic E-state index is 13.1. The summed E-state index contributed by atoms with van der Waals surface area (Å²) in [6.45, 7) is 3.83. The molecule has 1 heterocycles. The molecule has 3 rings (SSSR count). The van der Waals surface area contributed by atoms with E-state index >= 15 is 0 Å². The van der Waals surface area contributed by atoms with Gasteiger partial charge in [-0.1, -0.05) is 37.3 Å². The number of benzene rings is 2. The summed E-state index contributed by atoms with van der Waals surface area (Å²) in [7, 11) is 1.61. The Balaban J connectivity index is 1.83. The molecule has 2 amide bonds. The second-order valence-electron chi connectivity index (χ2n) is 7.05. The molecule has 0 aliphatic rings. The van der Waals surface area contributed by atoms with Crippen molar-refractivity contribution in [3.8, 4) is 5.75 Å². The standard InChI is InChI=1S/C25H26N2O4/c1-4-22(18-11-13-19(30-3)14-12-18)26-25(29)23(16-20-9-7-15-31-20)27-24(28)21-10-6-5-8-17(21)2/h5-16,22H,4H2,1-3H3,(H,26,29)(H,27,28)/b23-16-/t22-/m0/s1. The summed E-state index contributed by atoms with van der Waals surface area (Å²) < 4.78 is 10.5. The monoisotopic (exact) mass is 418 g/mol. The second kappa shape index (κ2) is 10.3. The molecular weight excluding hydrogens is 392 g/mol. The van der Waals surface area contributed by atoms with E-state index in [2.05, 4.69) is 10.6 Å². The van der Waals surface area contributed by atoms with Crippen LogP contribution in [-0.2, 0) is 4.79 Å². The quantitative estimate of drug-likeness (QED) is 0.523. The first-order valence-electron chi connectivity index (χ1n) is 10.1. The van der Waals surface area contributed by atoms with Crippen LogP contribution in [0.4, 0.5) is 0 Å². The second-order valence-corrected chi connectivity index (χ2v) is 7.05. The van der Waals surface area contributed by atoms with Crippen molar-refractivity contribution in [1.29, 1.82) is 0 Å². The van der Waals surface area contributed by atoms with Gasteiger partial charge in [0.2, 0.25) is 0 Å². The van der Waals surface area contributed by atoms with Gasteiger partial charge in [-0.25, -0.2) is 0 Å². The molecule has 0 saturated carbocycles. The molecule has 0 fully saturated rings. The number of hydrogen-bond acceptors (Lipinski definition) is 4. The number of furan rings is 1. The molecule has 0 aliphatic heterocycles. The van der Waals surface area contributed by atoms with Crippen LogP contribution in [0.5, 0.6) is 5.75 Å². The van der Waals surface area contributed by atoms with Crippen molar-refractivity contribution < 1.29 is 18.7 Å². The Morgan fingerprint density at radius 2 is 1.81 bits per heavy atom. The maximum Gasteiger partial charge on any atom is 0.268 e. The lowest BCUT2D eigenvalue weighted by Gasteiger charge is -2.19. The molecule has 6 nitrogen and oxygen atoms in total. The predicted molar refractivity (Wildman–Crippen MR) is 119 cm³/mol. The minimum atomic E-state index is -0.402. The maximum atomic E-state index is 13.1. The molecule has 0 aliphatic carbocycles. The number of aryl methyl sites for hydroxylation is 1. The first kappa shape index (κ1) is 21.9. The van der Waals surface area contributed by atoms with E-state index in [0.717, 1.165) is 16.9 Å². The van der Waals surface area contributed by atoms with Crippen LogP contribution in [0.1, 0.15) is 46.6 Å². The van der Waals surface area contributed by atoms with Crippen molar-refractivity contribution in [3.05, 3.63) is 95.1 Å². The number of hydrogen-bond donors (Lipinski definition) is 2. The zero-order valence-corrected chi connectivity index (χ0v) is 17.8. The Bertz CT molecular complexity index is 1050. The van der Waals surface area contributed by atoms with Gasteiger partial charge in [-0.3, -0.25) is 9.59 Å². The largest absolute Gasteiger partial charge is 0.497 e. The molecule has 0 unspecified atom stereocenters. The topological polar surface area (TPSA) is 80.6 Å². The minimum absolute atomic E-state index is 0.107. The predicted octanol–water partition coefficient (Wildman–Crippen LogP) is 4.64. The first-order chi connectivity index (χ1) is 15.0. The molecule has 160 valence electrons. The van der Waals surface area contributed by atoms with Crippen molar-refractivity contribution in [2.24, 2.45) is 0 Å². The van der Waals surface area contributed by atoms with Gasteiger partial charge >= 0.3 is 0 Å². The van der Waals surface area contributed by atoms with E-state index in [1.807, 2.05) is 50.2 Å². The van der Waals surface area contributed by atoms with Crippen LogP contribution < -0.4 is 15.4 Å². The van der Waals surface area contributed by atoms with Gasteiger partial charge in [-0.2, -0.15) is 0 Å². The molecular formula is C25H26N2O4. The molecule has 31 heavy (non-hydrogen) atoms. The molecule has 0 bridgehead atoms. The van der Waals surface area contributed by atoms with Crippen molar-refractivity contribution in [2.45, 2.75) is 26.3 Å². The van der Waals surface area contributed by atoms with Gasteiger partial charge in [0, 0.05) is 11.6 Å². The van der Waals surface area contributed by atoms with E-state index < -0.39 is 5.91 Å². The average molecular weight is 418 g/mol. The Kier molecular flexibility index (Phi) is 7.27. The van der Waals surface area contributed by atoms with Gasteiger partial charge in [0.25, 0.3) is 11.8 Å². The first-order valence-corrected chi connectivity index (χ1v) is 10.1. The molecule has 0 saturated heterocycles. The van der Waals surface area contributed by atoms with E-state index in [9.17, 15) is 9.59 Å². The third kappa shape index (κ3) is 5.63. The smallest absolute Gasteiger partial charge is 0.268 e. The number of rotatable bonds is 8. The fourth-order valence-corrected chi connectivity index (χ4v) is 3.18. The van der Waals surface area contributed by atoms with Crippen LogP contribution in [0.3, 0.4) is 0 Å². The minimum Gasteiger partial charge on any atom is -0.497 e. The summed E-state index contributed by atoms with van der Waals surface area (Å²) in [5.41, 5.74) is 2.37. The number of amides is 2. The number of carbonyl (C=O) groups excluding carboxylic acids is 2. The van der Waals surface area contributed by atoms with E-state index in [0.29, 0.717) is 17.7 Å². The molecule has 6 heteroatoms. The van der Waals surface area contributed by atoms with Crippen LogP contribution >= 0.6 is 0 Å². The van der Waals surface area contributed by atoms with Crippen molar-refractivity contribution in [2.75, 3.05) is 7.11 Å². The highest BCUT2D eigenvalue weighted by Gasteiger charge is 2.20. The summed E-state index contributed by atoms with van der Waals surface area (Å²) in [6, 6.07) is 17.9. The van der Waals surface area contributed by atoms with Gasteiger partial charge in [0.15, 0.2) is 0 Å². The fraction of sp³-hybridized carbons (Fsp3) is 0.200. The van der Waals surface area contributed by atoms with E-state index in [1.54, 1.807) is 31.4 Å². The van der Waals surface area contributed by atoms with E-state index in [1.165, 1.54) is 12.3 Å². The van der Waals surface area contributed by atoms with Crippen LogP contribution in [0.25, 0.3) is 6.08 Å². The normalized spacial score (nSPS) is 12.2. The fourth-order valence-electron chi connectivity index (χ4n) is 3.18. The van der Waals surface area contributed by atoms with Crippen LogP contribution in [0.15, 0.2) is 77.0 Å². The highest BCUT2D eigenvalue weighted by atomic mass is 16.5. The molecule has 2 aromatic carbocycles. The Hall–Kier alpha value is -3.80. The SMILES string of the molecule is CC[C@H](NC(=O)/C(=C/c1ccco1)NC(=O)c1ccccc1C)c1ccc(OC)cc1. The van der Waals surface area contributed by atoms with Gasteiger partial charge in [-0.15, -0.1) is 0 Å². The Morgan fingerprint density at radius 1 is 1.06 bits per heavy atom. The van der Waals surface area contributed by atoms with Crippen molar-refractivity contribution in [1.82, 2.24) is 10.6 Å². The lowest BCUT2D eigenvalue weighted by molar-refractivity contribution is -0.118. The van der Waals surface area contributed by atoms with Gasteiger partial charge < -0.3 is 19.8 Å². The molecule has 0 spiro atoms. The summed E-state index contributed by atoms with van der Waals surface area (Å²) in [4.78, 5) is 26.0. The zero-order valence-electron chi connectivity index (χ0n) is 17.8. The van der Waals surface area contributed by atoms with Gasteiger partial charge in [0.1, 0.15) is 17.2 Å². The molecule has 0 radical (unpaired) electrons. The molecule has 1 aromatic heterocycles. The zero-order chi connectivity index (χ0) is 22.2. The summed E-state index contributed by atoms with van der Waals surface area (Å²) in [5.74, 6) is 0.450. The molecule has 3 aromatic rings. The third-order valence-corrected chi connectivity index (χ3v) is 4.94. The number of ether oxygens (including phenoxy) is 1. The Morgan fingerprint density at radius 3 is 2.42 bits per heavy atom. The summed E-state index contributed by atoms with van der Waals surface area (Å²) in [6.07, 6.45) is 3.71.